The maximum absolute atomic E-state index is 12.8. The van der Waals surface area contributed by atoms with Gasteiger partial charge in [-0.3, -0.25) is 9.59 Å². The normalized spacial score (nSPS) is 14.7. The lowest BCUT2D eigenvalue weighted by Crippen LogP contribution is -2.22. The molecule has 3 rings (SSSR count). The van der Waals surface area contributed by atoms with E-state index in [1.165, 1.54) is 0 Å². The Morgan fingerprint density at radius 3 is 2.56 bits per heavy atom. The minimum atomic E-state index is -0.704. The fraction of sp³-hybridized carbons (Fsp3) is 0.520. The average molecular weight is 490 g/mol. The van der Waals surface area contributed by atoms with Gasteiger partial charge in [-0.15, -0.1) is 0 Å². The molecule has 0 unspecified atom stereocenters. The molecule has 2 aromatic rings. The number of carbonyl (C=O) groups excluding carboxylic acids is 3. The predicted molar refractivity (Wildman–Crippen MR) is 129 cm³/mol. The molecule has 0 atom stereocenters. The smallest absolute Gasteiger partial charge is 0.344 e. The van der Waals surface area contributed by atoms with Crippen LogP contribution >= 0.6 is 11.6 Å². The monoisotopic (exact) mass is 489 g/mol. The highest BCUT2D eigenvalue weighted by Crippen LogP contribution is 2.28. The van der Waals surface area contributed by atoms with Gasteiger partial charge in [0.1, 0.15) is 17.2 Å². The van der Waals surface area contributed by atoms with Crippen LogP contribution in [0.5, 0.6) is 0 Å². The van der Waals surface area contributed by atoms with Crippen LogP contribution in [-0.4, -0.2) is 47.1 Å². The van der Waals surface area contributed by atoms with Gasteiger partial charge >= 0.3 is 5.97 Å². The summed E-state index contributed by atoms with van der Waals surface area (Å²) in [6, 6.07) is 5.11. The molecular weight excluding hydrogens is 458 g/mol. The summed E-state index contributed by atoms with van der Waals surface area (Å²) in [4.78, 5) is 37.7. The Labute approximate surface area is 204 Å². The first kappa shape index (κ1) is 25.9. The molecule has 0 aliphatic carbocycles. The standard InChI is InChI=1S/C25H32ClN3O5/c1-15-22(23(27)29(28-15)17-9-11-33-12-10-17)24(32)34-14-20(30)18-13-16(5-7-19(18)26)6-8-21(31)25(2,3)4/h5,7,13,17H,6,8-12,14,27H2,1-4H3. The number of hydrogen-bond acceptors (Lipinski definition) is 7. The minimum Gasteiger partial charge on any atom is -0.454 e. The van der Waals surface area contributed by atoms with Gasteiger partial charge in [-0.25, -0.2) is 9.48 Å². The van der Waals surface area contributed by atoms with E-state index in [-0.39, 0.29) is 33.8 Å². The van der Waals surface area contributed by atoms with Crippen LogP contribution in [0.25, 0.3) is 0 Å². The average Bonchev–Trinajstić information content (AvgIpc) is 3.10. The Morgan fingerprint density at radius 2 is 1.91 bits per heavy atom. The van der Waals surface area contributed by atoms with Crippen molar-refractivity contribution in [3.05, 3.63) is 45.6 Å². The molecule has 34 heavy (non-hydrogen) atoms. The van der Waals surface area contributed by atoms with Crippen LogP contribution in [0.2, 0.25) is 5.02 Å². The van der Waals surface area contributed by atoms with Crippen molar-refractivity contribution in [2.75, 3.05) is 25.6 Å². The number of nitrogens with zero attached hydrogens (tertiary/aromatic N) is 2. The quantitative estimate of drug-likeness (QED) is 0.432. The molecule has 8 nitrogen and oxygen atoms in total. The van der Waals surface area contributed by atoms with Crippen molar-refractivity contribution in [1.29, 1.82) is 0 Å². The Balaban J connectivity index is 1.66. The highest BCUT2D eigenvalue weighted by molar-refractivity contribution is 6.34. The molecule has 0 amide bonds. The summed E-state index contributed by atoms with van der Waals surface area (Å²) in [7, 11) is 0. The van der Waals surface area contributed by atoms with E-state index in [9.17, 15) is 14.4 Å². The molecule has 1 saturated heterocycles. The lowest BCUT2D eigenvalue weighted by atomic mass is 9.87. The molecule has 1 aliphatic rings. The molecule has 184 valence electrons. The van der Waals surface area contributed by atoms with Crippen molar-refractivity contribution in [2.24, 2.45) is 5.41 Å². The van der Waals surface area contributed by atoms with E-state index in [0.29, 0.717) is 31.7 Å². The number of anilines is 1. The number of halogens is 1. The lowest BCUT2D eigenvalue weighted by molar-refractivity contribution is -0.126. The maximum atomic E-state index is 12.8. The van der Waals surface area contributed by atoms with E-state index < -0.39 is 23.8 Å². The third-order valence-electron chi connectivity index (χ3n) is 6.01. The zero-order valence-corrected chi connectivity index (χ0v) is 20.9. The number of rotatable bonds is 8. The predicted octanol–water partition coefficient (Wildman–Crippen LogP) is 4.37. The first-order valence-electron chi connectivity index (χ1n) is 11.4. The molecule has 1 aliphatic heterocycles. The van der Waals surface area contributed by atoms with Crippen molar-refractivity contribution in [2.45, 2.75) is 59.4 Å². The molecule has 2 heterocycles. The highest BCUT2D eigenvalue weighted by Gasteiger charge is 2.27. The highest BCUT2D eigenvalue weighted by atomic mass is 35.5. The van der Waals surface area contributed by atoms with Crippen LogP contribution < -0.4 is 5.73 Å². The second-order valence-electron chi connectivity index (χ2n) is 9.62. The fourth-order valence-corrected chi connectivity index (χ4v) is 4.10. The summed E-state index contributed by atoms with van der Waals surface area (Å²) in [6.45, 7) is 8.06. The second-order valence-corrected chi connectivity index (χ2v) is 10.0. The van der Waals surface area contributed by atoms with Gasteiger partial charge in [-0.1, -0.05) is 38.4 Å². The summed E-state index contributed by atoms with van der Waals surface area (Å²) in [6.07, 6.45) is 2.38. The number of nitrogens with two attached hydrogens (primary N) is 1. The molecule has 1 fully saturated rings. The van der Waals surface area contributed by atoms with Gasteiger partial charge in [-0.2, -0.15) is 5.10 Å². The largest absolute Gasteiger partial charge is 0.454 e. The third kappa shape index (κ3) is 6.04. The van der Waals surface area contributed by atoms with E-state index in [4.69, 9.17) is 26.8 Å². The number of aromatic nitrogens is 2. The summed E-state index contributed by atoms with van der Waals surface area (Å²) >= 11 is 6.23. The number of ether oxygens (including phenoxy) is 2. The van der Waals surface area contributed by atoms with Gasteiger partial charge < -0.3 is 15.2 Å². The number of benzene rings is 1. The molecule has 1 aromatic heterocycles. The van der Waals surface area contributed by atoms with Crippen LogP contribution in [0.3, 0.4) is 0 Å². The molecule has 0 spiro atoms. The van der Waals surface area contributed by atoms with E-state index in [1.807, 2.05) is 20.8 Å². The summed E-state index contributed by atoms with van der Waals surface area (Å²) in [5, 5.41) is 4.68. The number of ketones is 2. The van der Waals surface area contributed by atoms with Crippen LogP contribution in [0, 0.1) is 12.3 Å². The SMILES string of the molecule is Cc1nn(C2CCOCC2)c(N)c1C(=O)OCC(=O)c1cc(CCC(=O)C(C)(C)C)ccc1Cl. The Kier molecular flexibility index (Phi) is 8.15. The number of hydrogen-bond donors (Lipinski definition) is 1. The molecule has 2 N–H and O–H groups in total. The first-order chi connectivity index (χ1) is 16.0. The number of esters is 1. The van der Waals surface area contributed by atoms with Gasteiger partial charge in [0.05, 0.1) is 16.8 Å². The Bertz CT molecular complexity index is 1080. The van der Waals surface area contributed by atoms with Crippen LogP contribution in [-0.2, 0) is 20.7 Å². The topological polar surface area (TPSA) is 114 Å². The van der Waals surface area contributed by atoms with E-state index >= 15 is 0 Å². The van der Waals surface area contributed by atoms with Crippen molar-refractivity contribution in [3.63, 3.8) is 0 Å². The van der Waals surface area contributed by atoms with Gasteiger partial charge in [0.15, 0.2) is 6.61 Å². The maximum Gasteiger partial charge on any atom is 0.344 e. The Hall–Kier alpha value is -2.71. The van der Waals surface area contributed by atoms with Crippen LogP contribution in [0.4, 0.5) is 5.82 Å². The summed E-state index contributed by atoms with van der Waals surface area (Å²) < 4.78 is 12.3. The first-order valence-corrected chi connectivity index (χ1v) is 11.8. The Morgan fingerprint density at radius 1 is 1.24 bits per heavy atom. The summed E-state index contributed by atoms with van der Waals surface area (Å²) in [5.41, 5.74) is 7.47. The number of nitrogen functional groups attached to an aromatic ring is 1. The van der Waals surface area contributed by atoms with Gasteiger partial charge in [0.25, 0.3) is 0 Å². The molecule has 0 saturated carbocycles. The fourth-order valence-electron chi connectivity index (χ4n) is 3.88. The molecule has 0 bridgehead atoms. The second kappa shape index (κ2) is 10.7. The van der Waals surface area contributed by atoms with Crippen LogP contribution in [0.15, 0.2) is 18.2 Å². The van der Waals surface area contributed by atoms with Crippen LogP contribution in [0.1, 0.15) is 78.0 Å². The molecule has 0 radical (unpaired) electrons. The van der Waals surface area contributed by atoms with Gasteiger partial charge in [0, 0.05) is 30.6 Å². The van der Waals surface area contributed by atoms with E-state index in [1.54, 1.807) is 29.8 Å². The van der Waals surface area contributed by atoms with E-state index in [0.717, 1.165) is 18.4 Å². The number of Topliss-reactive ketones (excluding diaryl/α,β-unsaturated/α-hetero) is 2. The van der Waals surface area contributed by atoms with Crippen molar-refractivity contribution >= 4 is 35.0 Å². The number of aryl methyl sites for hydroxylation is 2. The van der Waals surface area contributed by atoms with E-state index in [2.05, 4.69) is 5.10 Å². The zero-order chi connectivity index (χ0) is 25.0. The third-order valence-corrected chi connectivity index (χ3v) is 6.34. The lowest BCUT2D eigenvalue weighted by Gasteiger charge is -2.23. The molecule has 1 aromatic carbocycles. The zero-order valence-electron chi connectivity index (χ0n) is 20.2. The minimum absolute atomic E-state index is 0.0577. The number of carbonyl (C=O) groups is 3. The van der Waals surface area contributed by atoms with Crippen molar-refractivity contribution in [1.82, 2.24) is 9.78 Å². The van der Waals surface area contributed by atoms with Gasteiger partial charge in [-0.05, 0) is 43.9 Å². The molecule has 9 heteroatoms. The van der Waals surface area contributed by atoms with Crippen molar-refractivity contribution < 1.29 is 23.9 Å². The van der Waals surface area contributed by atoms with Gasteiger partial charge in [0.2, 0.25) is 5.78 Å². The summed E-state index contributed by atoms with van der Waals surface area (Å²) in [5.74, 6) is -0.774. The van der Waals surface area contributed by atoms with Crippen molar-refractivity contribution in [3.8, 4) is 0 Å². The molecular formula is C25H32ClN3O5.